The Labute approximate surface area is 142 Å². The lowest BCUT2D eigenvalue weighted by Crippen LogP contribution is -2.14. The topological polar surface area (TPSA) is 25.8 Å². The van der Waals surface area contributed by atoms with Crippen LogP contribution in [0.1, 0.15) is 51.0 Å². The van der Waals surface area contributed by atoms with Gasteiger partial charge in [0, 0.05) is 18.0 Å². The largest absolute Gasteiger partial charge is 0.236 e. The smallest absolute Gasteiger partial charge is 0.159 e. The third-order valence-corrected chi connectivity index (χ3v) is 5.27. The van der Waals surface area contributed by atoms with E-state index in [2.05, 4.69) is 16.9 Å². The second kappa shape index (κ2) is 7.82. The Morgan fingerprint density at radius 3 is 2.25 bits per heavy atom. The second-order valence-electron chi connectivity index (χ2n) is 6.88. The molecule has 4 heteroatoms. The van der Waals surface area contributed by atoms with E-state index in [1.54, 1.807) is 12.4 Å². The van der Waals surface area contributed by atoms with Gasteiger partial charge < -0.3 is 0 Å². The lowest BCUT2D eigenvalue weighted by atomic mass is 9.79. The predicted molar refractivity (Wildman–Crippen MR) is 91.4 cm³/mol. The molecule has 0 saturated heterocycles. The van der Waals surface area contributed by atoms with Gasteiger partial charge in [0.15, 0.2) is 17.5 Å². The number of benzene rings is 1. The molecule has 0 spiro atoms. The summed E-state index contributed by atoms with van der Waals surface area (Å²) < 4.78 is 26.3. The Morgan fingerprint density at radius 1 is 0.958 bits per heavy atom. The van der Waals surface area contributed by atoms with Gasteiger partial charge in [-0.25, -0.2) is 18.7 Å². The summed E-state index contributed by atoms with van der Waals surface area (Å²) in [4.78, 5) is 8.62. The van der Waals surface area contributed by atoms with E-state index in [0.717, 1.165) is 36.0 Å². The molecule has 2 aromatic rings. The van der Waals surface area contributed by atoms with E-state index < -0.39 is 11.6 Å². The molecule has 0 amide bonds. The van der Waals surface area contributed by atoms with Crippen LogP contribution in [0.3, 0.4) is 0 Å². The van der Waals surface area contributed by atoms with E-state index in [-0.39, 0.29) is 0 Å². The van der Waals surface area contributed by atoms with Crippen molar-refractivity contribution >= 4 is 0 Å². The highest BCUT2D eigenvalue weighted by Gasteiger charge is 2.19. The molecule has 1 heterocycles. The van der Waals surface area contributed by atoms with Gasteiger partial charge in [-0.1, -0.05) is 39.0 Å². The molecule has 0 unspecified atom stereocenters. The molecule has 0 atom stereocenters. The van der Waals surface area contributed by atoms with E-state index >= 15 is 0 Å². The molecule has 1 aromatic carbocycles. The monoisotopic (exact) mass is 330 g/mol. The molecule has 1 saturated carbocycles. The lowest BCUT2D eigenvalue weighted by Gasteiger charge is -2.27. The molecule has 1 aromatic heterocycles. The highest BCUT2D eigenvalue weighted by atomic mass is 19.2. The Balaban J connectivity index is 1.56. The van der Waals surface area contributed by atoms with Crippen LogP contribution in [-0.4, -0.2) is 9.97 Å². The van der Waals surface area contributed by atoms with Gasteiger partial charge >= 0.3 is 0 Å². The van der Waals surface area contributed by atoms with E-state index in [1.807, 2.05) is 0 Å². The first-order valence-corrected chi connectivity index (χ1v) is 8.92. The maximum atomic E-state index is 13.3. The Bertz CT molecular complexity index is 662. The van der Waals surface area contributed by atoms with Crippen molar-refractivity contribution in [2.75, 3.05) is 0 Å². The summed E-state index contributed by atoms with van der Waals surface area (Å²) in [6.07, 6.45) is 12.5. The fourth-order valence-electron chi connectivity index (χ4n) is 3.57. The number of rotatable bonds is 5. The average molecular weight is 330 g/mol. The first-order valence-electron chi connectivity index (χ1n) is 8.92. The zero-order valence-corrected chi connectivity index (χ0v) is 14.1. The highest BCUT2D eigenvalue weighted by molar-refractivity contribution is 5.54. The Morgan fingerprint density at radius 2 is 1.62 bits per heavy atom. The quantitative estimate of drug-likeness (QED) is 0.716. The number of aromatic nitrogens is 2. The van der Waals surface area contributed by atoms with Gasteiger partial charge in [-0.2, -0.15) is 0 Å². The SMILES string of the molecule is CC[C@H]1CC[C@H](CCc2cnc(-c3ccc(F)c(F)c3)nc2)CC1. The molecule has 0 radical (unpaired) electrons. The number of hydrogen-bond donors (Lipinski definition) is 0. The number of aryl methyl sites for hydroxylation is 1. The normalized spacial score (nSPS) is 21.0. The van der Waals surface area contributed by atoms with Crippen molar-refractivity contribution in [2.24, 2.45) is 11.8 Å². The fourth-order valence-corrected chi connectivity index (χ4v) is 3.57. The number of nitrogens with zero attached hydrogens (tertiary/aromatic N) is 2. The molecule has 24 heavy (non-hydrogen) atoms. The molecule has 1 fully saturated rings. The van der Waals surface area contributed by atoms with Gasteiger partial charge in [0.05, 0.1) is 0 Å². The first-order chi connectivity index (χ1) is 11.7. The zero-order valence-electron chi connectivity index (χ0n) is 14.1. The van der Waals surface area contributed by atoms with Crippen molar-refractivity contribution in [3.8, 4) is 11.4 Å². The summed E-state index contributed by atoms with van der Waals surface area (Å²) in [6, 6.07) is 3.74. The number of hydrogen-bond acceptors (Lipinski definition) is 2. The molecule has 2 nitrogen and oxygen atoms in total. The van der Waals surface area contributed by atoms with Gasteiger partial charge in [0.1, 0.15) is 0 Å². The van der Waals surface area contributed by atoms with Crippen LogP contribution >= 0.6 is 0 Å². The third-order valence-electron chi connectivity index (χ3n) is 5.27. The minimum Gasteiger partial charge on any atom is -0.236 e. The van der Waals surface area contributed by atoms with Crippen molar-refractivity contribution in [2.45, 2.75) is 51.9 Å². The average Bonchev–Trinajstić information content (AvgIpc) is 2.63. The van der Waals surface area contributed by atoms with Crippen LogP contribution in [0.4, 0.5) is 8.78 Å². The van der Waals surface area contributed by atoms with Gasteiger partial charge in [-0.3, -0.25) is 0 Å². The summed E-state index contributed by atoms with van der Waals surface area (Å²) in [6.45, 7) is 2.29. The van der Waals surface area contributed by atoms with Crippen molar-refractivity contribution in [1.29, 1.82) is 0 Å². The standard InChI is InChI=1S/C20H24F2N2/c1-2-14-3-5-15(6-4-14)7-8-16-12-23-20(24-13-16)17-9-10-18(21)19(22)11-17/h9-15H,2-8H2,1H3/t14-,15-. The van der Waals surface area contributed by atoms with Gasteiger partial charge in [0.2, 0.25) is 0 Å². The first kappa shape index (κ1) is 17.0. The van der Waals surface area contributed by atoms with Crippen LogP contribution in [0.25, 0.3) is 11.4 Å². The lowest BCUT2D eigenvalue weighted by molar-refractivity contribution is 0.258. The maximum absolute atomic E-state index is 13.3. The van der Waals surface area contributed by atoms with Crippen LogP contribution in [0.2, 0.25) is 0 Å². The van der Waals surface area contributed by atoms with E-state index in [0.29, 0.717) is 11.4 Å². The molecule has 0 bridgehead atoms. The Hall–Kier alpha value is -1.84. The van der Waals surface area contributed by atoms with Crippen LogP contribution < -0.4 is 0 Å². The third kappa shape index (κ3) is 4.16. The van der Waals surface area contributed by atoms with Crippen LogP contribution in [0.5, 0.6) is 0 Å². The molecule has 0 aliphatic heterocycles. The van der Waals surface area contributed by atoms with Crippen LogP contribution in [-0.2, 0) is 6.42 Å². The van der Waals surface area contributed by atoms with Gasteiger partial charge in [-0.05, 0) is 48.4 Å². The summed E-state index contributed by atoms with van der Waals surface area (Å²) in [7, 11) is 0. The summed E-state index contributed by atoms with van der Waals surface area (Å²) in [5, 5.41) is 0. The van der Waals surface area contributed by atoms with Gasteiger partial charge in [0.25, 0.3) is 0 Å². The van der Waals surface area contributed by atoms with Crippen LogP contribution in [0, 0.1) is 23.5 Å². The maximum Gasteiger partial charge on any atom is 0.159 e. The predicted octanol–water partition coefficient (Wildman–Crippen LogP) is 5.57. The minimum absolute atomic E-state index is 0.432. The molecule has 128 valence electrons. The van der Waals surface area contributed by atoms with Crippen molar-refractivity contribution < 1.29 is 8.78 Å². The molecular weight excluding hydrogens is 306 g/mol. The summed E-state index contributed by atoms with van der Waals surface area (Å²) in [5.41, 5.74) is 1.61. The van der Waals surface area contributed by atoms with Crippen molar-refractivity contribution in [3.05, 3.63) is 47.8 Å². The summed E-state index contributed by atoms with van der Waals surface area (Å²) >= 11 is 0. The van der Waals surface area contributed by atoms with E-state index in [4.69, 9.17) is 0 Å². The highest BCUT2D eigenvalue weighted by Crippen LogP contribution is 2.33. The van der Waals surface area contributed by atoms with E-state index in [9.17, 15) is 8.78 Å². The van der Waals surface area contributed by atoms with Crippen molar-refractivity contribution in [1.82, 2.24) is 9.97 Å². The fraction of sp³-hybridized carbons (Fsp3) is 0.500. The van der Waals surface area contributed by atoms with E-state index in [1.165, 1.54) is 44.6 Å². The Kier molecular flexibility index (Phi) is 5.54. The zero-order chi connectivity index (χ0) is 16.9. The molecule has 0 N–H and O–H groups in total. The minimum atomic E-state index is -0.872. The molecule has 1 aliphatic rings. The molecule has 1 aliphatic carbocycles. The van der Waals surface area contributed by atoms with Crippen LogP contribution in [0.15, 0.2) is 30.6 Å². The molecule has 3 rings (SSSR count). The number of halogens is 2. The molecular formula is C20H24F2N2. The van der Waals surface area contributed by atoms with Gasteiger partial charge in [-0.15, -0.1) is 0 Å². The second-order valence-corrected chi connectivity index (χ2v) is 6.88. The summed E-state index contributed by atoms with van der Waals surface area (Å²) in [5.74, 6) is 0.454. The van der Waals surface area contributed by atoms with Crippen molar-refractivity contribution in [3.63, 3.8) is 0 Å².